The van der Waals surface area contributed by atoms with Gasteiger partial charge < -0.3 is 21.6 Å². The summed E-state index contributed by atoms with van der Waals surface area (Å²) in [6, 6.07) is 1.80. The number of amides is 2. The van der Waals surface area contributed by atoms with Crippen LogP contribution in [0.4, 0.5) is 0 Å². The molecule has 8 nitrogen and oxygen atoms in total. The third-order valence-corrected chi connectivity index (χ3v) is 4.02. The van der Waals surface area contributed by atoms with Gasteiger partial charge in [-0.2, -0.15) is 0 Å². The van der Waals surface area contributed by atoms with Crippen LogP contribution in [-0.4, -0.2) is 52.5 Å². The molecular weight excluding hydrogens is 306 g/mol. The zero-order chi connectivity index (χ0) is 16.1. The summed E-state index contributed by atoms with van der Waals surface area (Å²) in [5.74, 6) is -0.507. The Kier molecular flexibility index (Phi) is 5.23. The Morgan fingerprint density at radius 2 is 2.32 bits per heavy atom. The van der Waals surface area contributed by atoms with Gasteiger partial charge in [0.2, 0.25) is 5.91 Å². The van der Waals surface area contributed by atoms with E-state index < -0.39 is 17.9 Å². The summed E-state index contributed by atoms with van der Waals surface area (Å²) in [6.07, 6.45) is 2.26. The molecule has 1 aliphatic rings. The average Bonchev–Trinajstić information content (AvgIpc) is 3.01. The highest BCUT2D eigenvalue weighted by molar-refractivity contribution is 8.14. The number of carbonyl (C=O) groups is 3. The fourth-order valence-corrected chi connectivity index (χ4v) is 2.64. The first-order valence-corrected chi connectivity index (χ1v) is 7.45. The number of pyridine rings is 1. The summed E-state index contributed by atoms with van der Waals surface area (Å²) in [4.78, 5) is 41.9. The maximum Gasteiger partial charge on any atom is 0.251 e. The molecule has 5 N–H and O–H groups in total. The van der Waals surface area contributed by atoms with Crippen LogP contribution in [0, 0.1) is 0 Å². The van der Waals surface area contributed by atoms with Gasteiger partial charge in [0.05, 0.1) is 5.69 Å². The van der Waals surface area contributed by atoms with Crippen LogP contribution in [0.1, 0.15) is 16.1 Å². The minimum Gasteiger partial charge on any atom is -0.368 e. The van der Waals surface area contributed by atoms with Crippen molar-refractivity contribution in [2.45, 2.75) is 12.1 Å². The smallest absolute Gasteiger partial charge is 0.251 e. The molecule has 2 atom stereocenters. The maximum absolute atomic E-state index is 12.0. The number of carbonyl (C=O) groups excluding carboxylic acids is 3. The van der Waals surface area contributed by atoms with E-state index in [9.17, 15) is 14.4 Å². The van der Waals surface area contributed by atoms with Crippen LogP contribution in [-0.2, 0) is 9.59 Å². The number of aldehydes is 1. The number of nitrogens with two attached hydrogens (primary N) is 2. The van der Waals surface area contributed by atoms with Gasteiger partial charge in [0.1, 0.15) is 23.4 Å². The van der Waals surface area contributed by atoms with Crippen LogP contribution in [0.25, 0.3) is 0 Å². The van der Waals surface area contributed by atoms with Crippen molar-refractivity contribution in [2.75, 3.05) is 12.3 Å². The lowest BCUT2D eigenvalue weighted by atomic mass is 10.2. The van der Waals surface area contributed by atoms with Crippen LogP contribution < -0.4 is 16.8 Å². The minimum atomic E-state index is -0.937. The Morgan fingerprint density at radius 1 is 1.55 bits per heavy atom. The SMILES string of the molecule is NC(=O)[C@H](N)CNC(=O)c1ccnc(C2=N[C@H](C=O)CS2)c1. The predicted molar refractivity (Wildman–Crippen MR) is 82.6 cm³/mol. The summed E-state index contributed by atoms with van der Waals surface area (Å²) < 4.78 is 0. The summed E-state index contributed by atoms with van der Waals surface area (Å²) in [7, 11) is 0. The van der Waals surface area contributed by atoms with E-state index in [1.807, 2.05) is 0 Å². The molecule has 116 valence electrons. The van der Waals surface area contributed by atoms with Crippen molar-refractivity contribution >= 4 is 34.9 Å². The highest BCUT2D eigenvalue weighted by atomic mass is 32.2. The number of rotatable bonds is 6. The van der Waals surface area contributed by atoms with Gasteiger partial charge in [0, 0.05) is 24.1 Å². The summed E-state index contributed by atoms with van der Waals surface area (Å²) >= 11 is 1.41. The number of thioether (sulfide) groups is 1. The number of hydrogen-bond donors (Lipinski definition) is 3. The molecule has 0 fully saturated rings. The summed E-state index contributed by atoms with van der Waals surface area (Å²) in [6.45, 7) is -0.0469. The molecule has 0 spiro atoms. The van der Waals surface area contributed by atoms with Gasteiger partial charge >= 0.3 is 0 Å². The lowest BCUT2D eigenvalue weighted by Crippen LogP contribution is -2.45. The second-order valence-corrected chi connectivity index (χ2v) is 5.61. The standard InChI is InChI=1S/C13H15N5O3S/c14-9(11(15)20)4-17-12(21)7-1-2-16-10(3-7)13-18-8(5-19)6-22-13/h1-3,5,8-9H,4,6,14H2,(H2,15,20)(H,17,21)/t8-,9-/m1/s1. The van der Waals surface area contributed by atoms with E-state index in [-0.39, 0.29) is 12.6 Å². The van der Waals surface area contributed by atoms with Crippen molar-refractivity contribution in [1.29, 1.82) is 0 Å². The molecule has 0 aromatic carbocycles. The van der Waals surface area contributed by atoms with Crippen molar-refractivity contribution in [3.63, 3.8) is 0 Å². The highest BCUT2D eigenvalue weighted by Crippen LogP contribution is 2.21. The Morgan fingerprint density at radius 3 is 2.95 bits per heavy atom. The lowest BCUT2D eigenvalue weighted by molar-refractivity contribution is -0.119. The second kappa shape index (κ2) is 7.14. The third-order valence-electron chi connectivity index (χ3n) is 2.92. The molecule has 2 heterocycles. The molecule has 2 rings (SSSR count). The molecule has 0 saturated heterocycles. The first-order valence-electron chi connectivity index (χ1n) is 6.46. The molecule has 0 radical (unpaired) electrons. The van der Waals surface area contributed by atoms with Gasteiger partial charge in [-0.25, -0.2) is 0 Å². The van der Waals surface area contributed by atoms with E-state index >= 15 is 0 Å². The van der Waals surface area contributed by atoms with Crippen LogP contribution in [0.15, 0.2) is 23.3 Å². The molecule has 2 amide bonds. The Hall–Kier alpha value is -2.26. The zero-order valence-corrected chi connectivity index (χ0v) is 12.4. The monoisotopic (exact) mass is 321 g/mol. The average molecular weight is 321 g/mol. The van der Waals surface area contributed by atoms with E-state index in [2.05, 4.69) is 15.3 Å². The van der Waals surface area contributed by atoms with Gasteiger partial charge in [-0.1, -0.05) is 0 Å². The molecule has 0 aliphatic carbocycles. The first kappa shape index (κ1) is 16.1. The molecule has 9 heteroatoms. The van der Waals surface area contributed by atoms with Gasteiger partial charge in [0.15, 0.2) is 0 Å². The van der Waals surface area contributed by atoms with E-state index in [0.29, 0.717) is 22.1 Å². The fraction of sp³-hybridized carbons (Fsp3) is 0.308. The zero-order valence-electron chi connectivity index (χ0n) is 11.6. The van der Waals surface area contributed by atoms with Gasteiger partial charge in [-0.05, 0) is 12.1 Å². The maximum atomic E-state index is 12.0. The topological polar surface area (TPSA) is 141 Å². The lowest BCUT2D eigenvalue weighted by Gasteiger charge is -2.09. The van der Waals surface area contributed by atoms with E-state index in [1.165, 1.54) is 24.0 Å². The number of hydrogen-bond acceptors (Lipinski definition) is 7. The van der Waals surface area contributed by atoms with E-state index in [0.717, 1.165) is 6.29 Å². The van der Waals surface area contributed by atoms with Gasteiger partial charge in [0.25, 0.3) is 5.91 Å². The number of aliphatic imine (C=N–C) groups is 1. The first-order chi connectivity index (χ1) is 10.5. The molecule has 0 saturated carbocycles. The molecule has 22 heavy (non-hydrogen) atoms. The summed E-state index contributed by atoms with van der Waals surface area (Å²) in [5.41, 5.74) is 11.4. The molecular formula is C13H15N5O3S. The van der Waals surface area contributed by atoms with Crippen LogP contribution >= 0.6 is 11.8 Å². The third kappa shape index (κ3) is 3.89. The van der Waals surface area contributed by atoms with E-state index in [1.54, 1.807) is 6.07 Å². The minimum absolute atomic E-state index is 0.0469. The second-order valence-electron chi connectivity index (χ2n) is 4.60. The Labute approximate surface area is 130 Å². The quantitative estimate of drug-likeness (QED) is 0.555. The molecule has 1 aliphatic heterocycles. The number of nitrogens with one attached hydrogen (secondary N) is 1. The predicted octanol–water partition coefficient (Wildman–Crippen LogP) is -1.32. The van der Waals surface area contributed by atoms with Crippen LogP contribution in [0.2, 0.25) is 0 Å². The highest BCUT2D eigenvalue weighted by Gasteiger charge is 2.20. The van der Waals surface area contributed by atoms with Crippen LogP contribution in [0.5, 0.6) is 0 Å². The molecule has 0 unspecified atom stereocenters. The number of aromatic nitrogens is 1. The molecule has 0 bridgehead atoms. The van der Waals surface area contributed by atoms with Crippen molar-refractivity contribution in [1.82, 2.24) is 10.3 Å². The van der Waals surface area contributed by atoms with E-state index in [4.69, 9.17) is 11.5 Å². The fourth-order valence-electron chi connectivity index (χ4n) is 1.69. The van der Waals surface area contributed by atoms with Gasteiger partial charge in [-0.15, -0.1) is 11.8 Å². The normalized spacial score (nSPS) is 18.4. The van der Waals surface area contributed by atoms with Crippen molar-refractivity contribution in [3.8, 4) is 0 Å². The Bertz CT molecular complexity index is 634. The van der Waals surface area contributed by atoms with Gasteiger partial charge in [-0.3, -0.25) is 19.6 Å². The molecule has 1 aromatic rings. The van der Waals surface area contributed by atoms with Crippen LogP contribution in [0.3, 0.4) is 0 Å². The van der Waals surface area contributed by atoms with Crippen molar-refractivity contribution in [3.05, 3.63) is 29.6 Å². The van der Waals surface area contributed by atoms with Crippen molar-refractivity contribution in [2.24, 2.45) is 16.5 Å². The summed E-state index contributed by atoms with van der Waals surface area (Å²) in [5, 5.41) is 3.15. The van der Waals surface area contributed by atoms with Crippen molar-refractivity contribution < 1.29 is 14.4 Å². The number of nitrogens with zero attached hydrogens (tertiary/aromatic N) is 2. The molecule has 1 aromatic heterocycles. The largest absolute Gasteiger partial charge is 0.368 e. The Balaban J connectivity index is 2.07. The number of primary amides is 1.